The number of ether oxygens (including phenoxy) is 1. The van der Waals surface area contributed by atoms with Crippen LogP contribution in [0.4, 0.5) is 0 Å². The zero-order valence-corrected chi connectivity index (χ0v) is 17.1. The molecule has 0 saturated heterocycles. The van der Waals surface area contributed by atoms with Gasteiger partial charge in [0.15, 0.2) is 5.78 Å². The van der Waals surface area contributed by atoms with E-state index in [9.17, 15) is 14.4 Å². The summed E-state index contributed by atoms with van der Waals surface area (Å²) in [6.45, 7) is 2.02. The first kappa shape index (κ1) is 19.5. The maximum absolute atomic E-state index is 12.9. The first-order valence-corrected chi connectivity index (χ1v) is 10.7. The Kier molecular flexibility index (Phi) is 5.58. The van der Waals surface area contributed by atoms with E-state index in [0.29, 0.717) is 17.7 Å². The van der Waals surface area contributed by atoms with Crippen LogP contribution in [-0.4, -0.2) is 21.3 Å². The van der Waals surface area contributed by atoms with Gasteiger partial charge in [0.25, 0.3) is 5.56 Å². The fourth-order valence-corrected chi connectivity index (χ4v) is 4.87. The molecule has 1 aliphatic rings. The maximum atomic E-state index is 12.9. The number of esters is 1. The highest BCUT2D eigenvalue weighted by molar-refractivity contribution is 7.18. The van der Waals surface area contributed by atoms with Crippen LogP contribution < -0.4 is 10.3 Å². The topological polar surface area (TPSA) is 78.3 Å². The van der Waals surface area contributed by atoms with Gasteiger partial charge in [-0.3, -0.25) is 19.0 Å². The molecule has 2 heterocycles. The van der Waals surface area contributed by atoms with Crippen LogP contribution in [0.5, 0.6) is 5.75 Å². The van der Waals surface area contributed by atoms with Gasteiger partial charge in [-0.25, -0.2) is 4.98 Å². The molecule has 150 valence electrons. The average Bonchev–Trinajstić information content (AvgIpc) is 3.12. The van der Waals surface area contributed by atoms with Gasteiger partial charge in [-0.15, -0.1) is 11.3 Å². The number of carbonyl (C=O) groups excluding carboxylic acids is 2. The number of hydrogen-bond donors (Lipinski definition) is 0. The zero-order chi connectivity index (χ0) is 20.4. The number of fused-ring (bicyclic) bond motifs is 3. The van der Waals surface area contributed by atoms with Crippen LogP contribution in [-0.2, 0) is 24.2 Å². The molecule has 0 N–H and O–H groups in total. The molecule has 0 spiro atoms. The Labute approximate surface area is 172 Å². The van der Waals surface area contributed by atoms with Crippen LogP contribution in [0, 0.1) is 0 Å². The highest BCUT2D eigenvalue weighted by atomic mass is 32.1. The monoisotopic (exact) mass is 410 g/mol. The summed E-state index contributed by atoms with van der Waals surface area (Å²) in [4.78, 5) is 43.3. The Balaban J connectivity index is 1.44. The van der Waals surface area contributed by atoms with Crippen molar-refractivity contribution in [1.82, 2.24) is 9.55 Å². The summed E-state index contributed by atoms with van der Waals surface area (Å²) in [5, 5.41) is 0.719. The lowest BCUT2D eigenvalue weighted by Crippen LogP contribution is -2.23. The van der Waals surface area contributed by atoms with Gasteiger partial charge in [0, 0.05) is 23.4 Å². The van der Waals surface area contributed by atoms with Crippen molar-refractivity contribution in [2.75, 3.05) is 0 Å². The molecule has 0 saturated carbocycles. The van der Waals surface area contributed by atoms with Gasteiger partial charge in [-0.2, -0.15) is 0 Å². The Bertz CT molecular complexity index is 1130. The molecule has 0 aliphatic heterocycles. The third kappa shape index (κ3) is 4.00. The van der Waals surface area contributed by atoms with Gasteiger partial charge in [0.05, 0.1) is 18.1 Å². The van der Waals surface area contributed by atoms with Gasteiger partial charge in [-0.1, -0.05) is 6.92 Å². The molecule has 6 nitrogen and oxygen atoms in total. The maximum Gasteiger partial charge on any atom is 0.312 e. The predicted molar refractivity (Wildman–Crippen MR) is 112 cm³/mol. The minimum atomic E-state index is -0.432. The van der Waals surface area contributed by atoms with Crippen LogP contribution in [0.3, 0.4) is 0 Å². The van der Waals surface area contributed by atoms with Crippen molar-refractivity contribution in [3.8, 4) is 5.75 Å². The van der Waals surface area contributed by atoms with Crippen molar-refractivity contribution >= 4 is 33.3 Å². The number of Topliss-reactive ketones (excluding diaryl/α,β-unsaturated/α-hetero) is 1. The summed E-state index contributed by atoms with van der Waals surface area (Å²) in [6, 6.07) is 6.52. The normalized spacial score (nSPS) is 13.3. The predicted octanol–water partition coefficient (Wildman–Crippen LogP) is 3.93. The van der Waals surface area contributed by atoms with E-state index in [2.05, 4.69) is 4.98 Å². The number of rotatable bonds is 6. The van der Waals surface area contributed by atoms with Crippen LogP contribution in [0.15, 0.2) is 35.4 Å². The standard InChI is InChI=1S/C22H22N2O4S/c1-2-17(25)14-7-9-15(10-8-14)28-19(26)11-12-24-13-23-21-20(22(24)27)16-5-3-4-6-18(16)29-21/h7-10,13H,2-6,11-12H2,1H3. The molecule has 2 aromatic heterocycles. The summed E-state index contributed by atoms with van der Waals surface area (Å²) >= 11 is 1.61. The number of thiophene rings is 1. The lowest BCUT2D eigenvalue weighted by Gasteiger charge is -2.10. The summed E-state index contributed by atoms with van der Waals surface area (Å²) in [7, 11) is 0. The second-order valence-electron chi connectivity index (χ2n) is 7.16. The third-order valence-corrected chi connectivity index (χ3v) is 6.43. The summed E-state index contributed by atoms with van der Waals surface area (Å²) in [6.07, 6.45) is 6.22. The Hall–Kier alpha value is -2.80. The molecular formula is C22H22N2O4S. The molecule has 0 amide bonds. The minimum absolute atomic E-state index is 0.0424. The quantitative estimate of drug-likeness (QED) is 0.350. The van der Waals surface area contributed by atoms with E-state index in [-0.39, 0.29) is 24.3 Å². The van der Waals surface area contributed by atoms with Crippen LogP contribution >= 0.6 is 11.3 Å². The number of aryl methyl sites for hydroxylation is 3. The Morgan fingerprint density at radius 1 is 1.17 bits per heavy atom. The molecular weight excluding hydrogens is 388 g/mol. The van der Waals surface area contributed by atoms with E-state index in [1.54, 1.807) is 42.5 Å². The molecule has 0 fully saturated rings. The first-order valence-electron chi connectivity index (χ1n) is 9.90. The molecule has 29 heavy (non-hydrogen) atoms. The van der Waals surface area contributed by atoms with E-state index < -0.39 is 5.97 Å². The Morgan fingerprint density at radius 2 is 1.93 bits per heavy atom. The third-order valence-electron chi connectivity index (χ3n) is 5.23. The van der Waals surface area contributed by atoms with Gasteiger partial charge in [0.2, 0.25) is 0 Å². The summed E-state index contributed by atoms with van der Waals surface area (Å²) in [5.41, 5.74) is 1.66. The lowest BCUT2D eigenvalue weighted by molar-refractivity contribution is -0.134. The number of benzene rings is 1. The molecule has 0 bridgehead atoms. The summed E-state index contributed by atoms with van der Waals surface area (Å²) in [5.74, 6) is -0.00448. The van der Waals surface area contributed by atoms with Crippen molar-refractivity contribution in [2.45, 2.75) is 52.0 Å². The van der Waals surface area contributed by atoms with Crippen molar-refractivity contribution in [1.29, 1.82) is 0 Å². The number of ketones is 1. The van der Waals surface area contributed by atoms with E-state index >= 15 is 0 Å². The molecule has 1 aliphatic carbocycles. The van der Waals surface area contributed by atoms with Crippen molar-refractivity contribution in [3.63, 3.8) is 0 Å². The van der Waals surface area contributed by atoms with E-state index in [4.69, 9.17) is 4.74 Å². The van der Waals surface area contributed by atoms with Gasteiger partial charge in [0.1, 0.15) is 10.6 Å². The van der Waals surface area contributed by atoms with Crippen LogP contribution in [0.1, 0.15) is 53.4 Å². The number of aromatic nitrogens is 2. The number of hydrogen-bond acceptors (Lipinski definition) is 6. The van der Waals surface area contributed by atoms with E-state index in [0.717, 1.165) is 41.5 Å². The van der Waals surface area contributed by atoms with E-state index in [1.165, 1.54) is 15.8 Å². The molecule has 0 unspecified atom stereocenters. The fourth-order valence-electron chi connectivity index (χ4n) is 3.65. The van der Waals surface area contributed by atoms with Crippen LogP contribution in [0.25, 0.3) is 10.2 Å². The molecule has 0 atom stereocenters. The van der Waals surface area contributed by atoms with Gasteiger partial charge >= 0.3 is 5.97 Å². The molecule has 1 aromatic carbocycles. The highest BCUT2D eigenvalue weighted by Gasteiger charge is 2.20. The average molecular weight is 410 g/mol. The SMILES string of the molecule is CCC(=O)c1ccc(OC(=O)CCn2cnc3sc4c(c3c2=O)CCCC4)cc1. The second kappa shape index (κ2) is 8.29. The van der Waals surface area contributed by atoms with Crippen molar-refractivity contribution < 1.29 is 14.3 Å². The summed E-state index contributed by atoms with van der Waals surface area (Å²) < 4.78 is 6.82. The minimum Gasteiger partial charge on any atom is -0.426 e. The van der Waals surface area contributed by atoms with Crippen LogP contribution in [0.2, 0.25) is 0 Å². The molecule has 4 rings (SSSR count). The van der Waals surface area contributed by atoms with E-state index in [1.807, 2.05) is 0 Å². The largest absolute Gasteiger partial charge is 0.426 e. The Morgan fingerprint density at radius 3 is 2.69 bits per heavy atom. The van der Waals surface area contributed by atoms with Gasteiger partial charge in [-0.05, 0) is 55.5 Å². The number of carbonyl (C=O) groups is 2. The second-order valence-corrected chi connectivity index (χ2v) is 8.24. The first-order chi connectivity index (χ1) is 14.1. The smallest absolute Gasteiger partial charge is 0.312 e. The van der Waals surface area contributed by atoms with Crippen molar-refractivity contribution in [2.24, 2.45) is 0 Å². The molecule has 0 radical (unpaired) electrons. The lowest BCUT2D eigenvalue weighted by atomic mass is 9.97. The molecule has 7 heteroatoms. The fraction of sp³-hybridized carbons (Fsp3) is 0.364. The van der Waals surface area contributed by atoms with Crippen molar-refractivity contribution in [3.05, 3.63) is 57.0 Å². The number of nitrogens with zero attached hydrogens (tertiary/aromatic N) is 2. The van der Waals surface area contributed by atoms with Gasteiger partial charge < -0.3 is 4.74 Å². The highest BCUT2D eigenvalue weighted by Crippen LogP contribution is 2.33. The zero-order valence-electron chi connectivity index (χ0n) is 16.3. The molecule has 3 aromatic rings.